The van der Waals surface area contributed by atoms with Crippen LogP contribution in [0.1, 0.15) is 55.4 Å². The summed E-state index contributed by atoms with van der Waals surface area (Å²) in [6.45, 7) is 12.5. The summed E-state index contributed by atoms with van der Waals surface area (Å²) in [5.41, 5.74) is 11.3. The van der Waals surface area contributed by atoms with Gasteiger partial charge in [-0.1, -0.05) is 162 Å². The quantitative estimate of drug-likeness (QED) is 0.107. The molecule has 64 heavy (non-hydrogen) atoms. The molecule has 0 spiro atoms. The monoisotopic (exact) mass is 1020 g/mol. The molecule has 10 aromatic rings. The Morgan fingerprint density at radius 1 is 0.609 bits per heavy atom. The maximum Gasteiger partial charge on any atom is 0.268 e. The number of pyridine rings is 1. The number of nitrogens with zero attached hydrogens (tertiary/aromatic N) is 4. The number of hydrogen-bond acceptors (Lipinski definition) is 2. The summed E-state index contributed by atoms with van der Waals surface area (Å²) in [6, 6.07) is 63.3. The molecule has 0 bridgehead atoms. The average molecular weight is 1020 g/mol. The summed E-state index contributed by atoms with van der Waals surface area (Å²) in [5, 5.41) is 2.09. The molecule has 0 aliphatic rings. The number of hydrogen-bond donors (Lipinski definition) is 0. The van der Waals surface area contributed by atoms with Crippen molar-refractivity contribution in [1.82, 2.24) is 14.1 Å². The van der Waals surface area contributed by atoms with Crippen LogP contribution in [0, 0.1) is 29.3 Å². The Labute approximate surface area is 393 Å². The van der Waals surface area contributed by atoms with Crippen LogP contribution in [0.3, 0.4) is 0 Å². The van der Waals surface area contributed by atoms with E-state index in [0.29, 0.717) is 22.9 Å². The minimum Gasteiger partial charge on any atom is -0.510 e. The van der Waals surface area contributed by atoms with Crippen molar-refractivity contribution < 1.29 is 33.1 Å². The van der Waals surface area contributed by atoms with Gasteiger partial charge in [-0.2, -0.15) is 18.2 Å². The predicted molar refractivity (Wildman–Crippen MR) is 257 cm³/mol. The van der Waals surface area contributed by atoms with Gasteiger partial charge in [0, 0.05) is 47.0 Å². The zero-order valence-corrected chi connectivity index (χ0v) is 39.2. The topological polar surface area (TPSA) is 35.9 Å². The number of fused-ring (bicyclic) bond motifs is 4. The van der Waals surface area contributed by atoms with Crippen LogP contribution in [0.5, 0.6) is 11.5 Å². The van der Waals surface area contributed by atoms with Crippen molar-refractivity contribution in [3.05, 3.63) is 200 Å². The van der Waals surface area contributed by atoms with Crippen LogP contribution in [-0.4, -0.2) is 14.1 Å². The summed E-state index contributed by atoms with van der Waals surface area (Å²) in [7, 11) is 0. The fourth-order valence-electron chi connectivity index (χ4n) is 8.68. The van der Waals surface area contributed by atoms with Crippen LogP contribution < -0.4 is 9.30 Å². The molecule has 320 valence electrons. The van der Waals surface area contributed by atoms with Crippen LogP contribution in [0.15, 0.2) is 170 Å². The van der Waals surface area contributed by atoms with E-state index in [0.717, 1.165) is 72.9 Å². The molecule has 10 rings (SSSR count). The van der Waals surface area contributed by atoms with Gasteiger partial charge in [0.1, 0.15) is 5.82 Å². The molecule has 0 saturated heterocycles. The van der Waals surface area contributed by atoms with Crippen LogP contribution in [-0.2, 0) is 33.9 Å². The molecule has 0 saturated carbocycles. The van der Waals surface area contributed by atoms with Crippen LogP contribution >= 0.6 is 0 Å². The number of rotatable bonds is 9. The Morgan fingerprint density at radius 2 is 1.28 bits per heavy atom. The van der Waals surface area contributed by atoms with E-state index in [1.807, 2.05) is 67.8 Å². The minimum absolute atomic E-state index is 0. The molecule has 0 amide bonds. The van der Waals surface area contributed by atoms with Crippen molar-refractivity contribution in [2.45, 2.75) is 54.3 Å². The summed E-state index contributed by atoms with van der Waals surface area (Å²) >= 11 is 0. The molecule has 5 nitrogen and oxygen atoms in total. The zero-order valence-electron chi connectivity index (χ0n) is 38.9. The van der Waals surface area contributed by atoms with E-state index in [1.165, 1.54) is 5.56 Å². The standard InChI is InChI=1S/C58H50N4O.Pt/c1-57(2,3)37-40-27-30-51-50(33-40)49-29-28-46(36-54(49)62(51)55-34-41(31-32-59-55)38-58(4,5)6)63-45-22-15-21-44(35-45)60-39-61(53-26-14-13-25-52(53)60)56-47(42-17-9-7-10-18-42)23-16-24-48(56)43-19-11-8-12-20-43;/h7-34H,37-38H2,1-6H3;/q-2;/i38D2;. The molecule has 3 aromatic heterocycles. The van der Waals surface area contributed by atoms with E-state index in [-0.39, 0.29) is 26.5 Å². The SMILES string of the molecule is [2H]C([2H])(c1ccnc(-n2c3[c-]c(Oc4[c-]c(-n5[c-][n+](-c6c(-c7ccccc7)cccc6-c6ccccc6)c6ccccc65)ccc4)ccc3c3cc(CC(C)(C)C)ccc32)c1)C(C)(C)C.[Pt]. The van der Waals surface area contributed by atoms with Gasteiger partial charge in [0.05, 0.1) is 16.7 Å². The van der Waals surface area contributed by atoms with Crippen LogP contribution in [0.4, 0.5) is 0 Å². The molecule has 0 aliphatic heterocycles. The fraction of sp³-hybridized carbons (Fsp3) is 0.172. The first-order chi connectivity index (χ1) is 31.2. The third-order valence-electron chi connectivity index (χ3n) is 11.1. The maximum absolute atomic E-state index is 9.09. The van der Waals surface area contributed by atoms with Crippen molar-refractivity contribution in [2.75, 3.05) is 0 Å². The third-order valence-corrected chi connectivity index (χ3v) is 11.1. The normalized spacial score (nSPS) is 12.6. The van der Waals surface area contributed by atoms with E-state index in [9.17, 15) is 0 Å². The Morgan fingerprint density at radius 3 is 1.98 bits per heavy atom. The Hall–Kier alpha value is -6.55. The Balaban J connectivity index is 0.00000548. The molecule has 0 unspecified atom stereocenters. The molecule has 3 heterocycles. The first kappa shape index (κ1) is 40.2. The van der Waals surface area contributed by atoms with Crippen molar-refractivity contribution in [1.29, 1.82) is 0 Å². The van der Waals surface area contributed by atoms with Crippen molar-refractivity contribution in [2.24, 2.45) is 10.8 Å². The van der Waals surface area contributed by atoms with E-state index in [1.54, 1.807) is 12.3 Å². The largest absolute Gasteiger partial charge is 0.510 e. The van der Waals surface area contributed by atoms with E-state index < -0.39 is 11.8 Å². The second-order valence-electron chi connectivity index (χ2n) is 18.5. The Kier molecular flexibility index (Phi) is 10.8. The minimum atomic E-state index is -1.60. The smallest absolute Gasteiger partial charge is 0.268 e. The van der Waals surface area contributed by atoms with Gasteiger partial charge in [-0.3, -0.25) is 4.57 Å². The number of para-hydroxylation sites is 3. The second kappa shape index (κ2) is 17.2. The molecular weight excluding hydrogens is 964 g/mol. The van der Waals surface area contributed by atoms with E-state index in [2.05, 4.69) is 164 Å². The third kappa shape index (κ3) is 8.58. The first-order valence-corrected chi connectivity index (χ1v) is 21.6. The van der Waals surface area contributed by atoms with Gasteiger partial charge < -0.3 is 13.9 Å². The molecule has 0 atom stereocenters. The molecule has 6 heteroatoms. The second-order valence-corrected chi connectivity index (χ2v) is 18.5. The summed E-state index contributed by atoms with van der Waals surface area (Å²) in [4.78, 5) is 4.83. The Bertz CT molecular complexity index is 3320. The number of ether oxygens (including phenoxy) is 1. The van der Waals surface area contributed by atoms with E-state index >= 15 is 0 Å². The van der Waals surface area contributed by atoms with Gasteiger partial charge in [-0.15, -0.1) is 29.7 Å². The summed E-state index contributed by atoms with van der Waals surface area (Å²) in [6.07, 6.45) is 4.77. The molecule has 7 aromatic carbocycles. The van der Waals surface area contributed by atoms with Gasteiger partial charge in [0.15, 0.2) is 0 Å². The molecule has 0 N–H and O–H groups in total. The molecular formula is C58H50N4OPt-2. The van der Waals surface area contributed by atoms with Crippen LogP contribution in [0.2, 0.25) is 0 Å². The van der Waals surface area contributed by atoms with Gasteiger partial charge in [0.25, 0.3) is 6.33 Å². The molecule has 0 radical (unpaired) electrons. The summed E-state index contributed by atoms with van der Waals surface area (Å²) in [5.74, 6) is 1.67. The number of benzene rings is 7. The van der Waals surface area contributed by atoms with Crippen molar-refractivity contribution in [3.8, 4) is 50.9 Å². The van der Waals surface area contributed by atoms with Gasteiger partial charge >= 0.3 is 0 Å². The fourth-order valence-corrected chi connectivity index (χ4v) is 8.68. The average Bonchev–Trinajstić information content (AvgIpc) is 3.84. The van der Waals surface area contributed by atoms with Crippen molar-refractivity contribution >= 4 is 32.8 Å². The number of imidazole rings is 1. The van der Waals surface area contributed by atoms with Crippen molar-refractivity contribution in [3.63, 3.8) is 0 Å². The summed E-state index contributed by atoms with van der Waals surface area (Å²) < 4.78 is 31.1. The van der Waals surface area contributed by atoms with Crippen LogP contribution in [0.25, 0.3) is 72.3 Å². The molecule has 0 aliphatic carbocycles. The van der Waals surface area contributed by atoms with Gasteiger partial charge in [0.2, 0.25) is 0 Å². The zero-order chi connectivity index (χ0) is 45.1. The molecule has 0 fully saturated rings. The number of aromatic nitrogens is 4. The van der Waals surface area contributed by atoms with Gasteiger partial charge in [-0.05, 0) is 86.3 Å². The first-order valence-electron chi connectivity index (χ1n) is 22.6. The predicted octanol–water partition coefficient (Wildman–Crippen LogP) is 14.1. The van der Waals surface area contributed by atoms with E-state index in [4.69, 9.17) is 12.5 Å². The van der Waals surface area contributed by atoms with Gasteiger partial charge in [-0.25, -0.2) is 4.98 Å². The maximum atomic E-state index is 9.09.